The molecule has 0 bridgehead atoms. The molecule has 0 saturated heterocycles. The molecule has 1 N–H and O–H groups in total. The number of nitrogens with zero attached hydrogens (tertiary/aromatic N) is 2. The van der Waals surface area contributed by atoms with E-state index < -0.39 is 5.97 Å². The summed E-state index contributed by atoms with van der Waals surface area (Å²) < 4.78 is 13.3. The molecule has 0 aliphatic heterocycles. The molecule has 5 heteroatoms. The molecule has 4 nitrogen and oxygen atoms in total. The van der Waals surface area contributed by atoms with Gasteiger partial charge in [-0.2, -0.15) is 0 Å². The number of halogens is 1. The van der Waals surface area contributed by atoms with Gasteiger partial charge in [0.15, 0.2) is 0 Å². The van der Waals surface area contributed by atoms with Crippen LogP contribution in [-0.2, 0) is 11.2 Å². The third-order valence-corrected chi connectivity index (χ3v) is 2.91. The van der Waals surface area contributed by atoms with Gasteiger partial charge in [0.05, 0.1) is 23.1 Å². The number of benzene rings is 1. The molecule has 0 radical (unpaired) electrons. The van der Waals surface area contributed by atoms with Gasteiger partial charge in [0.2, 0.25) is 0 Å². The summed E-state index contributed by atoms with van der Waals surface area (Å²) in [5, 5.41) is 10.2. The first kappa shape index (κ1) is 11.5. The molecule has 0 aliphatic carbocycles. The Morgan fingerprint density at radius 2 is 2.11 bits per heavy atom. The van der Waals surface area contributed by atoms with Crippen molar-refractivity contribution in [3.63, 3.8) is 0 Å². The molecule has 0 atom stereocenters. The SMILES string of the molecule is O=C(O)Cc1nc2ccc(F)cc2c2ncccc12. The first-order valence-corrected chi connectivity index (χ1v) is 5.70. The zero-order valence-electron chi connectivity index (χ0n) is 9.80. The maximum Gasteiger partial charge on any atom is 0.309 e. The van der Waals surface area contributed by atoms with Crippen molar-refractivity contribution in [1.82, 2.24) is 9.97 Å². The van der Waals surface area contributed by atoms with Gasteiger partial charge in [-0.05, 0) is 30.3 Å². The van der Waals surface area contributed by atoms with E-state index in [0.29, 0.717) is 27.5 Å². The van der Waals surface area contributed by atoms with E-state index >= 15 is 0 Å². The normalized spacial score (nSPS) is 11.0. The average molecular weight is 256 g/mol. The Hall–Kier alpha value is -2.56. The van der Waals surface area contributed by atoms with Gasteiger partial charge >= 0.3 is 5.97 Å². The van der Waals surface area contributed by atoms with Crippen molar-refractivity contribution in [2.75, 3.05) is 0 Å². The van der Waals surface area contributed by atoms with E-state index in [1.165, 1.54) is 18.2 Å². The molecule has 0 spiro atoms. The monoisotopic (exact) mass is 256 g/mol. The van der Waals surface area contributed by atoms with Crippen LogP contribution in [0.1, 0.15) is 5.69 Å². The minimum absolute atomic E-state index is 0.185. The van der Waals surface area contributed by atoms with Gasteiger partial charge in [0.1, 0.15) is 5.82 Å². The van der Waals surface area contributed by atoms with E-state index in [-0.39, 0.29) is 12.2 Å². The maximum atomic E-state index is 13.3. The Kier molecular flexibility index (Phi) is 2.59. The number of pyridine rings is 2. The lowest BCUT2D eigenvalue weighted by Gasteiger charge is -2.07. The number of carboxylic acids is 1. The summed E-state index contributed by atoms with van der Waals surface area (Å²) in [5.74, 6) is -1.33. The summed E-state index contributed by atoms with van der Waals surface area (Å²) in [6.07, 6.45) is 1.41. The predicted octanol–water partition coefficient (Wildman–Crippen LogP) is 2.55. The summed E-state index contributed by atoms with van der Waals surface area (Å²) in [6, 6.07) is 7.65. The lowest BCUT2D eigenvalue weighted by Crippen LogP contribution is -2.04. The highest BCUT2D eigenvalue weighted by molar-refractivity contribution is 6.04. The van der Waals surface area contributed by atoms with Crippen molar-refractivity contribution in [3.8, 4) is 0 Å². The molecule has 2 aromatic heterocycles. The predicted molar refractivity (Wildman–Crippen MR) is 68.3 cm³/mol. The van der Waals surface area contributed by atoms with Crippen LogP contribution in [0.25, 0.3) is 21.8 Å². The second-order valence-electron chi connectivity index (χ2n) is 4.19. The number of aliphatic carboxylic acids is 1. The summed E-state index contributed by atoms with van der Waals surface area (Å²) in [5.41, 5.74) is 1.56. The number of fused-ring (bicyclic) bond motifs is 3. The van der Waals surface area contributed by atoms with Crippen LogP contribution in [-0.4, -0.2) is 21.0 Å². The number of carboxylic acid groups (broad SMARTS) is 1. The van der Waals surface area contributed by atoms with Gasteiger partial charge in [-0.25, -0.2) is 4.39 Å². The van der Waals surface area contributed by atoms with Crippen LogP contribution >= 0.6 is 0 Å². The van der Waals surface area contributed by atoms with Crippen LogP contribution in [0.3, 0.4) is 0 Å². The van der Waals surface area contributed by atoms with Crippen LogP contribution in [0.15, 0.2) is 36.5 Å². The number of carbonyl (C=O) groups is 1. The Morgan fingerprint density at radius 3 is 2.89 bits per heavy atom. The van der Waals surface area contributed by atoms with E-state index in [1.54, 1.807) is 18.3 Å². The van der Waals surface area contributed by atoms with E-state index in [9.17, 15) is 9.18 Å². The van der Waals surface area contributed by atoms with Crippen LogP contribution in [0.4, 0.5) is 4.39 Å². The lowest BCUT2D eigenvalue weighted by atomic mass is 10.1. The highest BCUT2D eigenvalue weighted by atomic mass is 19.1. The third-order valence-electron chi connectivity index (χ3n) is 2.91. The number of rotatable bonds is 2. The Morgan fingerprint density at radius 1 is 1.26 bits per heavy atom. The molecule has 94 valence electrons. The largest absolute Gasteiger partial charge is 0.481 e. The molecule has 0 unspecified atom stereocenters. The molecule has 0 saturated carbocycles. The molecule has 3 aromatic rings. The smallest absolute Gasteiger partial charge is 0.309 e. The Balaban J connectivity index is 2.43. The van der Waals surface area contributed by atoms with Crippen LogP contribution in [0.5, 0.6) is 0 Å². The molecule has 19 heavy (non-hydrogen) atoms. The summed E-state index contributed by atoms with van der Waals surface area (Å²) in [6.45, 7) is 0. The lowest BCUT2D eigenvalue weighted by molar-refractivity contribution is -0.136. The first-order chi connectivity index (χ1) is 9.15. The standard InChI is InChI=1S/C14H9FN2O2/c15-8-3-4-11-10(6-8)14-9(2-1-5-16-14)12(17-11)7-13(18)19/h1-6H,7H2,(H,18,19). The molecular weight excluding hydrogens is 247 g/mol. The fraction of sp³-hybridized carbons (Fsp3) is 0.0714. The van der Waals surface area contributed by atoms with Gasteiger partial charge in [-0.1, -0.05) is 0 Å². The van der Waals surface area contributed by atoms with Gasteiger partial charge in [0.25, 0.3) is 0 Å². The van der Waals surface area contributed by atoms with Crippen molar-refractivity contribution in [2.45, 2.75) is 6.42 Å². The highest BCUT2D eigenvalue weighted by Gasteiger charge is 2.12. The molecule has 1 aromatic carbocycles. The van der Waals surface area contributed by atoms with Gasteiger partial charge in [-0.3, -0.25) is 14.8 Å². The second-order valence-corrected chi connectivity index (χ2v) is 4.19. The molecule has 0 amide bonds. The van der Waals surface area contributed by atoms with Crippen molar-refractivity contribution in [3.05, 3.63) is 48.0 Å². The Bertz CT molecular complexity index is 802. The zero-order chi connectivity index (χ0) is 13.4. The van der Waals surface area contributed by atoms with Gasteiger partial charge < -0.3 is 5.11 Å². The minimum Gasteiger partial charge on any atom is -0.481 e. The molecule has 0 fully saturated rings. The van der Waals surface area contributed by atoms with Gasteiger partial charge in [-0.15, -0.1) is 0 Å². The van der Waals surface area contributed by atoms with Crippen LogP contribution in [0, 0.1) is 5.82 Å². The minimum atomic E-state index is -0.959. The van der Waals surface area contributed by atoms with Crippen molar-refractivity contribution >= 4 is 27.8 Å². The van der Waals surface area contributed by atoms with Crippen LogP contribution < -0.4 is 0 Å². The Labute approximate surface area is 107 Å². The second kappa shape index (κ2) is 4.28. The van der Waals surface area contributed by atoms with E-state index in [4.69, 9.17) is 5.11 Å². The average Bonchev–Trinajstić information content (AvgIpc) is 2.39. The highest BCUT2D eigenvalue weighted by Crippen LogP contribution is 2.25. The van der Waals surface area contributed by atoms with Crippen molar-refractivity contribution < 1.29 is 14.3 Å². The molecule has 3 rings (SSSR count). The fourth-order valence-corrected chi connectivity index (χ4v) is 2.13. The molecule has 0 aliphatic rings. The maximum absolute atomic E-state index is 13.3. The summed E-state index contributed by atoms with van der Waals surface area (Å²) >= 11 is 0. The molecule has 2 heterocycles. The summed E-state index contributed by atoms with van der Waals surface area (Å²) in [4.78, 5) is 19.4. The van der Waals surface area contributed by atoms with E-state index in [2.05, 4.69) is 9.97 Å². The fourth-order valence-electron chi connectivity index (χ4n) is 2.13. The van der Waals surface area contributed by atoms with Gasteiger partial charge in [0, 0.05) is 17.0 Å². The quantitative estimate of drug-likeness (QED) is 0.716. The number of hydrogen-bond acceptors (Lipinski definition) is 3. The zero-order valence-corrected chi connectivity index (χ0v) is 9.80. The summed E-state index contributed by atoms with van der Waals surface area (Å²) in [7, 11) is 0. The van der Waals surface area contributed by atoms with Crippen LogP contribution in [0.2, 0.25) is 0 Å². The topological polar surface area (TPSA) is 63.1 Å². The number of aromatic nitrogens is 2. The van der Waals surface area contributed by atoms with Crippen molar-refractivity contribution in [2.24, 2.45) is 0 Å². The molecular formula is C14H9FN2O2. The third kappa shape index (κ3) is 1.99. The van der Waals surface area contributed by atoms with E-state index in [0.717, 1.165) is 0 Å². The van der Waals surface area contributed by atoms with E-state index in [1.807, 2.05) is 0 Å². The van der Waals surface area contributed by atoms with Crippen molar-refractivity contribution in [1.29, 1.82) is 0 Å². The number of hydrogen-bond donors (Lipinski definition) is 1. The first-order valence-electron chi connectivity index (χ1n) is 5.70.